The predicted octanol–water partition coefficient (Wildman–Crippen LogP) is 2.46. The Labute approximate surface area is 127 Å². The smallest absolute Gasteiger partial charge is 0.222 e. The molecule has 21 heavy (non-hydrogen) atoms. The van der Waals surface area contributed by atoms with Gasteiger partial charge in [-0.05, 0) is 46.5 Å². The molecule has 1 aromatic heterocycles. The molecule has 2 rings (SSSR count). The van der Waals surface area contributed by atoms with E-state index in [1.54, 1.807) is 6.33 Å². The van der Waals surface area contributed by atoms with Gasteiger partial charge in [0.2, 0.25) is 5.91 Å². The summed E-state index contributed by atoms with van der Waals surface area (Å²) in [5, 5.41) is 6.27. The maximum absolute atomic E-state index is 11.8. The SMILES string of the molecule is CC(C)(C)NC(=O)CCNc1ncnc2c1CCCCC2. The van der Waals surface area contributed by atoms with Gasteiger partial charge in [-0.25, -0.2) is 9.97 Å². The van der Waals surface area contributed by atoms with E-state index in [1.165, 1.54) is 30.5 Å². The summed E-state index contributed by atoms with van der Waals surface area (Å²) in [4.78, 5) is 20.6. The molecular weight excluding hydrogens is 264 g/mol. The highest BCUT2D eigenvalue weighted by Crippen LogP contribution is 2.23. The van der Waals surface area contributed by atoms with Gasteiger partial charge in [0, 0.05) is 29.8 Å². The third-order valence-corrected chi connectivity index (χ3v) is 3.53. The van der Waals surface area contributed by atoms with E-state index in [-0.39, 0.29) is 11.4 Å². The Hall–Kier alpha value is -1.65. The molecule has 116 valence electrons. The topological polar surface area (TPSA) is 66.9 Å². The maximum atomic E-state index is 11.8. The van der Waals surface area contributed by atoms with Crippen LogP contribution in [0, 0.1) is 0 Å². The van der Waals surface area contributed by atoms with Crippen molar-refractivity contribution in [2.45, 2.75) is 64.8 Å². The zero-order valence-corrected chi connectivity index (χ0v) is 13.3. The number of carbonyl (C=O) groups excluding carboxylic acids is 1. The van der Waals surface area contributed by atoms with E-state index in [1.807, 2.05) is 20.8 Å². The number of hydrogen-bond acceptors (Lipinski definition) is 4. The van der Waals surface area contributed by atoms with E-state index >= 15 is 0 Å². The van der Waals surface area contributed by atoms with Crippen LogP contribution in [0.1, 0.15) is 57.7 Å². The zero-order chi connectivity index (χ0) is 15.3. The molecule has 1 aliphatic carbocycles. The molecule has 0 spiro atoms. The number of aromatic nitrogens is 2. The fourth-order valence-electron chi connectivity index (χ4n) is 2.63. The minimum atomic E-state index is -0.177. The molecule has 0 fully saturated rings. The maximum Gasteiger partial charge on any atom is 0.222 e. The highest BCUT2D eigenvalue weighted by atomic mass is 16.1. The van der Waals surface area contributed by atoms with E-state index in [0.717, 1.165) is 18.7 Å². The Morgan fingerprint density at radius 2 is 1.95 bits per heavy atom. The van der Waals surface area contributed by atoms with Gasteiger partial charge in [0.25, 0.3) is 0 Å². The molecule has 0 atom stereocenters. The molecule has 2 N–H and O–H groups in total. The molecule has 5 nitrogen and oxygen atoms in total. The molecule has 1 aromatic rings. The van der Waals surface area contributed by atoms with Crippen molar-refractivity contribution >= 4 is 11.7 Å². The van der Waals surface area contributed by atoms with Crippen molar-refractivity contribution in [1.29, 1.82) is 0 Å². The van der Waals surface area contributed by atoms with E-state index in [2.05, 4.69) is 20.6 Å². The Morgan fingerprint density at radius 1 is 1.19 bits per heavy atom. The summed E-state index contributed by atoms with van der Waals surface area (Å²) in [5.41, 5.74) is 2.23. The van der Waals surface area contributed by atoms with Gasteiger partial charge in [-0.3, -0.25) is 4.79 Å². The van der Waals surface area contributed by atoms with E-state index < -0.39 is 0 Å². The fraction of sp³-hybridized carbons (Fsp3) is 0.688. The van der Waals surface area contributed by atoms with E-state index in [9.17, 15) is 4.79 Å². The first kappa shape index (κ1) is 15.7. The first-order valence-corrected chi connectivity index (χ1v) is 7.83. The molecule has 0 unspecified atom stereocenters. The number of rotatable bonds is 4. The van der Waals surface area contributed by atoms with Gasteiger partial charge in [0.1, 0.15) is 12.1 Å². The Kier molecular flexibility index (Phi) is 5.15. The van der Waals surface area contributed by atoms with Crippen molar-refractivity contribution in [3.8, 4) is 0 Å². The number of carbonyl (C=O) groups is 1. The second kappa shape index (κ2) is 6.87. The summed E-state index contributed by atoms with van der Waals surface area (Å²) >= 11 is 0. The summed E-state index contributed by atoms with van der Waals surface area (Å²) in [6, 6.07) is 0. The normalized spacial score (nSPS) is 15.0. The van der Waals surface area contributed by atoms with Crippen molar-refractivity contribution in [3.63, 3.8) is 0 Å². The minimum Gasteiger partial charge on any atom is -0.369 e. The van der Waals surface area contributed by atoms with Crippen LogP contribution < -0.4 is 10.6 Å². The molecule has 5 heteroatoms. The van der Waals surface area contributed by atoms with Crippen LogP contribution in [-0.4, -0.2) is 28.0 Å². The molecule has 1 heterocycles. The van der Waals surface area contributed by atoms with Gasteiger partial charge in [-0.1, -0.05) is 6.42 Å². The van der Waals surface area contributed by atoms with Crippen LogP contribution in [-0.2, 0) is 17.6 Å². The fourth-order valence-corrected chi connectivity index (χ4v) is 2.63. The lowest BCUT2D eigenvalue weighted by Crippen LogP contribution is -2.41. The third-order valence-electron chi connectivity index (χ3n) is 3.53. The standard InChI is InChI=1S/C16H26N4O/c1-16(2,3)20-14(21)9-10-17-15-12-7-5-4-6-8-13(12)18-11-19-15/h11H,4-10H2,1-3H3,(H,20,21)(H,17,18,19). The van der Waals surface area contributed by atoms with Gasteiger partial charge in [-0.15, -0.1) is 0 Å². The number of fused-ring (bicyclic) bond motifs is 1. The Morgan fingerprint density at radius 3 is 2.71 bits per heavy atom. The number of nitrogens with one attached hydrogen (secondary N) is 2. The van der Waals surface area contributed by atoms with E-state index in [4.69, 9.17) is 0 Å². The number of nitrogens with zero attached hydrogens (tertiary/aromatic N) is 2. The zero-order valence-electron chi connectivity index (χ0n) is 13.3. The first-order valence-electron chi connectivity index (χ1n) is 7.83. The number of amides is 1. The molecule has 1 amide bonds. The van der Waals surface area contributed by atoms with Gasteiger partial charge >= 0.3 is 0 Å². The van der Waals surface area contributed by atoms with Gasteiger partial charge < -0.3 is 10.6 Å². The van der Waals surface area contributed by atoms with Crippen LogP contribution in [0.4, 0.5) is 5.82 Å². The molecule has 1 aliphatic rings. The lowest BCUT2D eigenvalue weighted by molar-refractivity contribution is -0.122. The summed E-state index contributed by atoms with van der Waals surface area (Å²) in [6.07, 6.45) is 7.81. The van der Waals surface area contributed by atoms with Gasteiger partial charge in [-0.2, -0.15) is 0 Å². The van der Waals surface area contributed by atoms with Crippen LogP contribution >= 0.6 is 0 Å². The minimum absolute atomic E-state index is 0.0649. The summed E-state index contributed by atoms with van der Waals surface area (Å²) < 4.78 is 0. The molecule has 0 radical (unpaired) electrons. The van der Waals surface area contributed by atoms with Crippen molar-refractivity contribution in [3.05, 3.63) is 17.6 Å². The second-order valence-electron chi connectivity index (χ2n) is 6.68. The monoisotopic (exact) mass is 290 g/mol. The largest absolute Gasteiger partial charge is 0.369 e. The molecular formula is C16H26N4O. The molecule has 0 aliphatic heterocycles. The van der Waals surface area contributed by atoms with Crippen LogP contribution in [0.2, 0.25) is 0 Å². The predicted molar refractivity (Wildman–Crippen MR) is 84.3 cm³/mol. The number of aryl methyl sites for hydroxylation is 1. The quantitative estimate of drug-likeness (QED) is 0.836. The summed E-state index contributed by atoms with van der Waals surface area (Å²) in [7, 11) is 0. The number of hydrogen-bond donors (Lipinski definition) is 2. The van der Waals surface area contributed by atoms with Crippen LogP contribution in [0.5, 0.6) is 0 Å². The Bertz CT molecular complexity index is 494. The van der Waals surface area contributed by atoms with Crippen LogP contribution in [0.3, 0.4) is 0 Å². The van der Waals surface area contributed by atoms with Crippen molar-refractivity contribution in [1.82, 2.24) is 15.3 Å². The first-order chi connectivity index (χ1) is 9.96. The summed E-state index contributed by atoms with van der Waals surface area (Å²) in [6.45, 7) is 6.57. The van der Waals surface area contributed by atoms with Gasteiger partial charge in [0.05, 0.1) is 0 Å². The van der Waals surface area contributed by atoms with Crippen LogP contribution in [0.25, 0.3) is 0 Å². The van der Waals surface area contributed by atoms with Gasteiger partial charge in [0.15, 0.2) is 0 Å². The molecule has 0 aromatic carbocycles. The van der Waals surface area contributed by atoms with E-state index in [0.29, 0.717) is 13.0 Å². The lowest BCUT2D eigenvalue weighted by Gasteiger charge is -2.20. The summed E-state index contributed by atoms with van der Waals surface area (Å²) in [5.74, 6) is 0.973. The highest BCUT2D eigenvalue weighted by Gasteiger charge is 2.15. The molecule has 0 bridgehead atoms. The number of anilines is 1. The molecule has 0 saturated heterocycles. The van der Waals surface area contributed by atoms with Crippen LogP contribution in [0.15, 0.2) is 6.33 Å². The van der Waals surface area contributed by atoms with Crippen molar-refractivity contribution in [2.75, 3.05) is 11.9 Å². The Balaban J connectivity index is 1.90. The average Bonchev–Trinajstić information content (AvgIpc) is 2.62. The average molecular weight is 290 g/mol. The van der Waals surface area contributed by atoms with Crippen molar-refractivity contribution in [2.24, 2.45) is 0 Å². The van der Waals surface area contributed by atoms with Crippen molar-refractivity contribution < 1.29 is 4.79 Å². The molecule has 0 saturated carbocycles. The lowest BCUT2D eigenvalue weighted by atomic mass is 10.1. The second-order valence-corrected chi connectivity index (χ2v) is 6.68. The third kappa shape index (κ3) is 4.99. The highest BCUT2D eigenvalue weighted by molar-refractivity contribution is 5.77.